The standard InChI is InChI=1S/C8H5Br2F3S/c9-5-1-6(10)3-7(2-5)14-4-8(11,12)13/h1-3H,4H2. The molecule has 0 radical (unpaired) electrons. The van der Waals surface area contributed by atoms with E-state index in [9.17, 15) is 13.2 Å². The Balaban J connectivity index is 2.68. The van der Waals surface area contributed by atoms with Crippen molar-refractivity contribution in [2.24, 2.45) is 0 Å². The van der Waals surface area contributed by atoms with Crippen molar-refractivity contribution >= 4 is 43.6 Å². The van der Waals surface area contributed by atoms with Crippen LogP contribution in [0.3, 0.4) is 0 Å². The Morgan fingerprint density at radius 1 is 1.07 bits per heavy atom. The zero-order valence-electron chi connectivity index (χ0n) is 6.74. The molecule has 0 nitrogen and oxygen atoms in total. The minimum absolute atomic E-state index is 0.587. The number of benzene rings is 1. The van der Waals surface area contributed by atoms with Crippen LogP contribution in [0, 0.1) is 0 Å². The van der Waals surface area contributed by atoms with Gasteiger partial charge < -0.3 is 0 Å². The Hall–Kier alpha value is 0.320. The highest BCUT2D eigenvalue weighted by Gasteiger charge is 2.27. The van der Waals surface area contributed by atoms with E-state index >= 15 is 0 Å². The molecule has 0 unspecified atom stereocenters. The average Bonchev–Trinajstić information content (AvgIpc) is 1.97. The van der Waals surface area contributed by atoms with Gasteiger partial charge in [-0.05, 0) is 18.2 Å². The molecule has 0 spiro atoms. The molecular formula is C8H5Br2F3S. The Labute approximate surface area is 101 Å². The molecule has 1 rings (SSSR count). The van der Waals surface area contributed by atoms with Gasteiger partial charge in [-0.15, -0.1) is 11.8 Å². The van der Waals surface area contributed by atoms with Crippen molar-refractivity contribution in [3.8, 4) is 0 Å². The van der Waals surface area contributed by atoms with Gasteiger partial charge in [0.25, 0.3) is 0 Å². The number of rotatable bonds is 2. The van der Waals surface area contributed by atoms with Crippen LogP contribution < -0.4 is 0 Å². The molecule has 0 atom stereocenters. The minimum atomic E-state index is -4.13. The summed E-state index contributed by atoms with van der Waals surface area (Å²) in [7, 11) is 0. The van der Waals surface area contributed by atoms with E-state index in [1.165, 1.54) is 0 Å². The second-order valence-electron chi connectivity index (χ2n) is 2.51. The maximum absolute atomic E-state index is 11.9. The Bertz CT molecular complexity index is 305. The fourth-order valence-electron chi connectivity index (χ4n) is 0.777. The van der Waals surface area contributed by atoms with Gasteiger partial charge in [0, 0.05) is 13.8 Å². The van der Waals surface area contributed by atoms with Crippen molar-refractivity contribution in [3.63, 3.8) is 0 Å². The number of alkyl halides is 3. The molecule has 0 fully saturated rings. The number of hydrogen-bond acceptors (Lipinski definition) is 1. The van der Waals surface area contributed by atoms with Crippen LogP contribution in [0.1, 0.15) is 0 Å². The Morgan fingerprint density at radius 2 is 1.57 bits per heavy atom. The first kappa shape index (κ1) is 12.4. The summed E-state index contributed by atoms with van der Waals surface area (Å²) in [5, 5.41) is 0. The lowest BCUT2D eigenvalue weighted by atomic mass is 10.4. The predicted molar refractivity (Wildman–Crippen MR) is 58.6 cm³/mol. The van der Waals surface area contributed by atoms with E-state index in [4.69, 9.17) is 0 Å². The Kier molecular flexibility index (Phi) is 4.33. The third-order valence-electron chi connectivity index (χ3n) is 1.24. The highest BCUT2D eigenvalue weighted by atomic mass is 79.9. The van der Waals surface area contributed by atoms with Crippen LogP contribution in [0.25, 0.3) is 0 Å². The van der Waals surface area contributed by atoms with Gasteiger partial charge in [-0.25, -0.2) is 0 Å². The van der Waals surface area contributed by atoms with Crippen molar-refractivity contribution in [1.29, 1.82) is 0 Å². The lowest BCUT2D eigenvalue weighted by Crippen LogP contribution is -2.10. The van der Waals surface area contributed by atoms with Crippen LogP contribution in [-0.2, 0) is 0 Å². The molecule has 0 N–H and O–H groups in total. The molecule has 1 aromatic rings. The molecule has 0 saturated heterocycles. The van der Waals surface area contributed by atoms with Crippen LogP contribution in [0.15, 0.2) is 32.0 Å². The van der Waals surface area contributed by atoms with Crippen molar-refractivity contribution in [1.82, 2.24) is 0 Å². The zero-order valence-corrected chi connectivity index (χ0v) is 10.7. The fourth-order valence-corrected chi connectivity index (χ4v) is 3.12. The zero-order chi connectivity index (χ0) is 10.8. The first-order valence-corrected chi connectivity index (χ1v) is 6.09. The van der Waals surface area contributed by atoms with Gasteiger partial charge in [-0.1, -0.05) is 31.9 Å². The summed E-state index contributed by atoms with van der Waals surface area (Å²) < 4.78 is 37.2. The smallest absolute Gasteiger partial charge is 0.170 e. The van der Waals surface area contributed by atoms with E-state index in [1.54, 1.807) is 18.2 Å². The van der Waals surface area contributed by atoms with Crippen LogP contribution in [-0.4, -0.2) is 11.9 Å². The van der Waals surface area contributed by atoms with Crippen molar-refractivity contribution in [2.45, 2.75) is 11.1 Å². The van der Waals surface area contributed by atoms with Crippen molar-refractivity contribution in [3.05, 3.63) is 27.1 Å². The van der Waals surface area contributed by atoms with Gasteiger partial charge >= 0.3 is 6.18 Å². The van der Waals surface area contributed by atoms with Gasteiger partial charge in [0.2, 0.25) is 0 Å². The minimum Gasteiger partial charge on any atom is -0.170 e. The lowest BCUT2D eigenvalue weighted by molar-refractivity contribution is -0.105. The highest BCUT2D eigenvalue weighted by Crippen LogP contribution is 2.31. The fraction of sp³-hybridized carbons (Fsp3) is 0.250. The first-order chi connectivity index (χ1) is 6.37. The van der Waals surface area contributed by atoms with E-state index in [0.29, 0.717) is 4.90 Å². The largest absolute Gasteiger partial charge is 0.398 e. The molecule has 0 aliphatic heterocycles. The van der Waals surface area contributed by atoms with Gasteiger partial charge in [-0.2, -0.15) is 13.2 Å². The summed E-state index contributed by atoms with van der Waals surface area (Å²) in [5.74, 6) is -0.865. The summed E-state index contributed by atoms with van der Waals surface area (Å²) in [6.45, 7) is 0. The van der Waals surface area contributed by atoms with Gasteiger partial charge in [-0.3, -0.25) is 0 Å². The summed E-state index contributed by atoms with van der Waals surface area (Å²) in [6.07, 6.45) is -4.13. The summed E-state index contributed by atoms with van der Waals surface area (Å²) in [4.78, 5) is 0.587. The Morgan fingerprint density at radius 3 is 2.00 bits per heavy atom. The van der Waals surface area contributed by atoms with Gasteiger partial charge in [0.1, 0.15) is 0 Å². The predicted octanol–water partition coefficient (Wildman–Crippen LogP) is 4.87. The normalized spacial score (nSPS) is 11.8. The highest BCUT2D eigenvalue weighted by molar-refractivity contribution is 9.11. The SMILES string of the molecule is FC(F)(F)CSc1cc(Br)cc(Br)c1. The van der Waals surface area contributed by atoms with Gasteiger partial charge in [0.05, 0.1) is 5.75 Å². The summed E-state index contributed by atoms with van der Waals surface area (Å²) in [5.41, 5.74) is 0. The molecule has 1 aromatic carbocycles. The van der Waals surface area contributed by atoms with Crippen molar-refractivity contribution in [2.75, 3.05) is 5.75 Å². The molecule has 0 bridgehead atoms. The molecule has 0 heterocycles. The summed E-state index contributed by atoms with van der Waals surface area (Å²) in [6, 6.07) is 5.08. The van der Waals surface area contributed by atoms with Crippen LogP contribution in [0.4, 0.5) is 13.2 Å². The summed E-state index contributed by atoms with van der Waals surface area (Å²) >= 11 is 7.19. The van der Waals surface area contributed by atoms with E-state index in [1.807, 2.05) is 0 Å². The van der Waals surface area contributed by atoms with Gasteiger partial charge in [0.15, 0.2) is 0 Å². The molecular weight excluding hydrogens is 345 g/mol. The van der Waals surface area contributed by atoms with E-state index in [-0.39, 0.29) is 0 Å². The number of hydrogen-bond donors (Lipinski definition) is 0. The monoisotopic (exact) mass is 348 g/mol. The van der Waals surface area contributed by atoms with Crippen LogP contribution in [0.2, 0.25) is 0 Å². The first-order valence-electron chi connectivity index (χ1n) is 3.52. The number of thioether (sulfide) groups is 1. The number of halogens is 5. The molecule has 0 aromatic heterocycles. The lowest BCUT2D eigenvalue weighted by Gasteiger charge is -2.06. The maximum atomic E-state index is 11.9. The van der Waals surface area contributed by atoms with E-state index in [0.717, 1.165) is 20.7 Å². The van der Waals surface area contributed by atoms with E-state index < -0.39 is 11.9 Å². The molecule has 78 valence electrons. The molecule has 14 heavy (non-hydrogen) atoms. The average molecular weight is 350 g/mol. The molecule has 6 heteroatoms. The third kappa shape index (κ3) is 4.70. The topological polar surface area (TPSA) is 0 Å². The van der Waals surface area contributed by atoms with E-state index in [2.05, 4.69) is 31.9 Å². The maximum Gasteiger partial charge on any atom is 0.398 e. The molecule has 0 aliphatic carbocycles. The van der Waals surface area contributed by atoms with Crippen LogP contribution in [0.5, 0.6) is 0 Å². The quantitative estimate of drug-likeness (QED) is 0.686. The van der Waals surface area contributed by atoms with Crippen molar-refractivity contribution < 1.29 is 13.2 Å². The molecule has 0 amide bonds. The van der Waals surface area contributed by atoms with Crippen LogP contribution >= 0.6 is 43.6 Å². The third-order valence-corrected chi connectivity index (χ3v) is 3.19. The molecule has 0 aliphatic rings. The molecule has 0 saturated carbocycles. The second-order valence-corrected chi connectivity index (χ2v) is 5.39. The second kappa shape index (κ2) is 4.90.